The first kappa shape index (κ1) is 21.1. The smallest absolute Gasteiger partial charge is 0.253 e. The van der Waals surface area contributed by atoms with E-state index in [9.17, 15) is 15.0 Å². The van der Waals surface area contributed by atoms with Crippen LogP contribution in [-0.2, 0) is 0 Å². The van der Waals surface area contributed by atoms with Gasteiger partial charge in [-0.15, -0.1) is 5.10 Å². The third-order valence-corrected chi connectivity index (χ3v) is 5.91. The summed E-state index contributed by atoms with van der Waals surface area (Å²) in [5.41, 5.74) is 4.40. The molecule has 0 saturated carbocycles. The zero-order valence-electron chi connectivity index (χ0n) is 18.1. The van der Waals surface area contributed by atoms with Gasteiger partial charge in [0.15, 0.2) is 11.9 Å². The van der Waals surface area contributed by atoms with Crippen LogP contribution in [0.25, 0.3) is 16.8 Å². The minimum Gasteiger partial charge on any atom is -0.364 e. The molecule has 1 fully saturated rings. The first-order valence-corrected chi connectivity index (χ1v) is 11.1. The maximum atomic E-state index is 12.8. The van der Waals surface area contributed by atoms with Crippen LogP contribution in [0.2, 0.25) is 0 Å². The monoisotopic (exact) mass is 443 g/mol. The highest BCUT2D eigenvalue weighted by atomic mass is 16.5. The highest BCUT2D eigenvalue weighted by Crippen LogP contribution is 2.26. The third-order valence-electron chi connectivity index (χ3n) is 5.91. The van der Waals surface area contributed by atoms with Crippen molar-refractivity contribution in [2.45, 2.75) is 25.6 Å². The molecule has 2 aromatic heterocycles. The van der Waals surface area contributed by atoms with Crippen LogP contribution in [0.5, 0.6) is 0 Å². The van der Waals surface area contributed by atoms with Crippen molar-refractivity contribution in [2.24, 2.45) is 0 Å². The Morgan fingerprint density at radius 2 is 1.67 bits per heavy atom. The number of hydrogen-bond acceptors (Lipinski definition) is 6. The van der Waals surface area contributed by atoms with E-state index in [4.69, 9.17) is 0 Å². The molecule has 0 atom stereocenters. The molecule has 5 rings (SSSR count). The minimum atomic E-state index is -1.50. The lowest BCUT2D eigenvalue weighted by Crippen LogP contribution is -2.35. The molecule has 0 unspecified atom stereocenters. The molecule has 1 amide bonds. The minimum absolute atomic E-state index is 0.0909. The van der Waals surface area contributed by atoms with Crippen molar-refractivity contribution in [2.75, 3.05) is 18.4 Å². The molecule has 1 aliphatic heterocycles. The van der Waals surface area contributed by atoms with Gasteiger partial charge in [-0.2, -0.15) is 4.98 Å². The normalized spacial score (nSPS) is 14.1. The Hall–Kier alpha value is -3.75. The number of carbonyl (C=O) groups is 1. The van der Waals surface area contributed by atoms with Crippen molar-refractivity contribution < 1.29 is 15.0 Å². The Balaban J connectivity index is 1.38. The zero-order chi connectivity index (χ0) is 22.8. The number of rotatable bonds is 5. The van der Waals surface area contributed by atoms with Gasteiger partial charge in [0.2, 0.25) is 5.95 Å². The molecule has 33 heavy (non-hydrogen) atoms. The fourth-order valence-corrected chi connectivity index (χ4v) is 4.12. The quantitative estimate of drug-likeness (QED) is 0.406. The van der Waals surface area contributed by atoms with Gasteiger partial charge in [-0.3, -0.25) is 4.79 Å². The number of nitrogens with zero attached hydrogens (tertiary/aromatic N) is 4. The average molecular weight is 444 g/mol. The van der Waals surface area contributed by atoms with Crippen LogP contribution >= 0.6 is 0 Å². The summed E-state index contributed by atoms with van der Waals surface area (Å²) >= 11 is 0. The Kier molecular flexibility index (Phi) is 5.77. The van der Waals surface area contributed by atoms with E-state index in [2.05, 4.69) is 15.4 Å². The van der Waals surface area contributed by atoms with Crippen LogP contribution in [-0.4, -0.2) is 48.7 Å². The maximum absolute atomic E-state index is 12.8. The Morgan fingerprint density at radius 3 is 2.36 bits per heavy atom. The highest BCUT2D eigenvalue weighted by Gasteiger charge is 2.18. The first-order chi connectivity index (χ1) is 16.1. The Morgan fingerprint density at radius 1 is 0.939 bits per heavy atom. The molecule has 0 spiro atoms. The number of pyridine rings is 1. The number of piperidine rings is 1. The molecule has 2 aromatic carbocycles. The molecule has 0 aliphatic carbocycles. The van der Waals surface area contributed by atoms with Gasteiger partial charge in [0.25, 0.3) is 5.91 Å². The maximum Gasteiger partial charge on any atom is 0.253 e. The molecule has 0 bridgehead atoms. The lowest BCUT2D eigenvalue weighted by molar-refractivity contribution is -0.0424. The molecule has 1 aliphatic rings. The van der Waals surface area contributed by atoms with Crippen LogP contribution < -0.4 is 5.32 Å². The SMILES string of the molecule is O=C(c1ccc(-c2cccn3nc(Nc4ccc(C(O)O)cc4)nc23)cc1)N1CCCCC1. The molecule has 4 aromatic rings. The van der Waals surface area contributed by atoms with Crippen LogP contribution in [0.4, 0.5) is 11.6 Å². The molecule has 1 saturated heterocycles. The summed E-state index contributed by atoms with van der Waals surface area (Å²) in [7, 11) is 0. The summed E-state index contributed by atoms with van der Waals surface area (Å²) < 4.78 is 1.70. The summed E-state index contributed by atoms with van der Waals surface area (Å²) in [6, 6.07) is 18.3. The van der Waals surface area contributed by atoms with E-state index in [0.717, 1.165) is 42.7 Å². The van der Waals surface area contributed by atoms with E-state index in [1.165, 1.54) is 6.42 Å². The summed E-state index contributed by atoms with van der Waals surface area (Å²) in [5, 5.41) is 26.1. The zero-order valence-corrected chi connectivity index (χ0v) is 18.1. The predicted molar refractivity (Wildman–Crippen MR) is 125 cm³/mol. The number of aromatic nitrogens is 3. The fourth-order valence-electron chi connectivity index (χ4n) is 4.12. The number of aliphatic hydroxyl groups excluding tert-OH is 1. The highest BCUT2D eigenvalue weighted by molar-refractivity contribution is 5.95. The number of aliphatic hydroxyl groups is 2. The Labute approximate surface area is 191 Å². The van der Waals surface area contributed by atoms with Gasteiger partial charge in [0.05, 0.1) is 0 Å². The van der Waals surface area contributed by atoms with Crippen LogP contribution in [0.3, 0.4) is 0 Å². The second kappa shape index (κ2) is 9.01. The molecular weight excluding hydrogens is 418 g/mol. The first-order valence-electron chi connectivity index (χ1n) is 11.1. The molecule has 8 nitrogen and oxygen atoms in total. The second-order valence-electron chi connectivity index (χ2n) is 8.18. The van der Waals surface area contributed by atoms with E-state index in [0.29, 0.717) is 22.7 Å². The summed E-state index contributed by atoms with van der Waals surface area (Å²) in [4.78, 5) is 19.3. The largest absolute Gasteiger partial charge is 0.364 e. The van der Waals surface area contributed by atoms with E-state index in [-0.39, 0.29) is 5.91 Å². The van der Waals surface area contributed by atoms with Crippen molar-refractivity contribution in [3.05, 3.63) is 78.0 Å². The number of anilines is 2. The number of fused-ring (bicyclic) bond motifs is 1. The number of benzene rings is 2. The van der Waals surface area contributed by atoms with Crippen molar-refractivity contribution in [3.63, 3.8) is 0 Å². The van der Waals surface area contributed by atoms with Gasteiger partial charge in [-0.25, -0.2) is 4.52 Å². The van der Waals surface area contributed by atoms with Gasteiger partial charge in [-0.1, -0.05) is 24.3 Å². The lowest BCUT2D eigenvalue weighted by atomic mass is 10.0. The molecule has 3 N–H and O–H groups in total. The van der Waals surface area contributed by atoms with E-state index in [1.54, 1.807) is 28.8 Å². The number of amides is 1. The topological polar surface area (TPSA) is 103 Å². The standard InChI is InChI=1S/C25H25N5O3/c31-23(29-14-2-1-3-15-29)18-8-6-17(7-9-18)21-5-4-16-30-22(21)27-25(28-30)26-20-12-10-19(11-13-20)24(32)33/h4-13,16,24,32-33H,1-3,14-15H2,(H,26,28). The van der Waals surface area contributed by atoms with Gasteiger partial charge in [0, 0.05) is 41.7 Å². The molecule has 8 heteroatoms. The van der Waals surface area contributed by atoms with Crippen LogP contribution in [0.15, 0.2) is 66.9 Å². The van der Waals surface area contributed by atoms with Gasteiger partial charge < -0.3 is 20.4 Å². The molecule has 168 valence electrons. The average Bonchev–Trinajstić information content (AvgIpc) is 3.27. The second-order valence-corrected chi connectivity index (χ2v) is 8.18. The summed E-state index contributed by atoms with van der Waals surface area (Å²) in [6.07, 6.45) is 3.66. The van der Waals surface area contributed by atoms with E-state index in [1.807, 2.05) is 47.5 Å². The number of hydrogen-bond donors (Lipinski definition) is 3. The molecular formula is C25H25N5O3. The number of nitrogens with one attached hydrogen (secondary N) is 1. The van der Waals surface area contributed by atoms with Gasteiger partial charge >= 0.3 is 0 Å². The van der Waals surface area contributed by atoms with Gasteiger partial charge in [0.1, 0.15) is 0 Å². The van der Waals surface area contributed by atoms with Gasteiger partial charge in [-0.05, 0) is 61.2 Å². The third kappa shape index (κ3) is 4.44. The number of carbonyl (C=O) groups excluding carboxylic acids is 1. The van der Waals surface area contributed by atoms with E-state index >= 15 is 0 Å². The number of likely N-dealkylation sites (tertiary alicyclic amines) is 1. The van der Waals surface area contributed by atoms with Crippen LogP contribution in [0, 0.1) is 0 Å². The lowest BCUT2D eigenvalue weighted by Gasteiger charge is -2.26. The molecule has 0 radical (unpaired) electrons. The predicted octanol–water partition coefficient (Wildman–Crippen LogP) is 3.75. The van der Waals surface area contributed by atoms with Crippen molar-refractivity contribution in [1.29, 1.82) is 0 Å². The Bertz CT molecular complexity index is 1260. The summed E-state index contributed by atoms with van der Waals surface area (Å²) in [6.45, 7) is 1.66. The summed E-state index contributed by atoms with van der Waals surface area (Å²) in [5.74, 6) is 0.518. The van der Waals surface area contributed by atoms with Crippen LogP contribution in [0.1, 0.15) is 41.5 Å². The fraction of sp³-hybridized carbons (Fsp3) is 0.240. The van der Waals surface area contributed by atoms with E-state index < -0.39 is 6.29 Å². The molecule has 3 heterocycles. The van der Waals surface area contributed by atoms with Crippen molar-refractivity contribution >= 4 is 23.2 Å². The van der Waals surface area contributed by atoms with Crippen molar-refractivity contribution in [1.82, 2.24) is 19.5 Å². The van der Waals surface area contributed by atoms with Crippen molar-refractivity contribution in [3.8, 4) is 11.1 Å².